The molecule has 0 bridgehead atoms. The monoisotopic (exact) mass is 466 g/mol. The summed E-state index contributed by atoms with van der Waals surface area (Å²) in [7, 11) is 3.22. The molecule has 0 unspecified atom stereocenters. The summed E-state index contributed by atoms with van der Waals surface area (Å²) >= 11 is 0. The summed E-state index contributed by atoms with van der Waals surface area (Å²) in [6.45, 7) is 6.63. The van der Waals surface area contributed by atoms with Crippen LogP contribution < -0.4 is 15.2 Å². The maximum absolute atomic E-state index is 12.5. The van der Waals surface area contributed by atoms with Gasteiger partial charge in [0.1, 0.15) is 29.2 Å². The maximum Gasteiger partial charge on any atom is 0.410 e. The third-order valence-corrected chi connectivity index (χ3v) is 5.51. The van der Waals surface area contributed by atoms with Crippen molar-refractivity contribution in [2.45, 2.75) is 38.8 Å². The summed E-state index contributed by atoms with van der Waals surface area (Å²) < 4.78 is 18.1. The molecule has 1 aliphatic heterocycles. The van der Waals surface area contributed by atoms with Crippen LogP contribution in [-0.2, 0) is 4.74 Å². The Morgan fingerprint density at radius 2 is 1.82 bits per heavy atom. The smallest absolute Gasteiger partial charge is 0.410 e. The van der Waals surface area contributed by atoms with E-state index in [-0.39, 0.29) is 12.1 Å². The number of hydrogen-bond acceptors (Lipinski definition) is 8. The number of nitrogens with two attached hydrogens (primary N) is 1. The minimum Gasteiger partial charge on any atom is -0.497 e. The molecule has 0 aliphatic carbocycles. The number of carbonyl (C=O) groups is 1. The normalized spacial score (nSPS) is 16.4. The minimum atomic E-state index is -0.546. The van der Waals surface area contributed by atoms with Crippen LogP contribution in [0.4, 0.5) is 10.6 Å². The highest BCUT2D eigenvalue weighted by Crippen LogP contribution is 2.31. The molecule has 10 heteroatoms. The number of nitrogen functional groups attached to an aromatic ring is 1. The molecule has 1 fully saturated rings. The van der Waals surface area contributed by atoms with Gasteiger partial charge >= 0.3 is 6.09 Å². The second kappa shape index (κ2) is 9.20. The molecule has 0 saturated carbocycles. The lowest BCUT2D eigenvalue weighted by Crippen LogP contribution is -2.35. The predicted molar refractivity (Wildman–Crippen MR) is 130 cm³/mol. The van der Waals surface area contributed by atoms with E-state index >= 15 is 0 Å². The van der Waals surface area contributed by atoms with Crippen LogP contribution in [0, 0.1) is 0 Å². The number of methoxy groups -OCH3 is 2. The fourth-order valence-electron chi connectivity index (χ4n) is 3.93. The van der Waals surface area contributed by atoms with Gasteiger partial charge in [-0.15, -0.1) is 0 Å². The number of hydrogen-bond donors (Lipinski definition) is 1. The Balaban J connectivity index is 1.65. The summed E-state index contributed by atoms with van der Waals surface area (Å²) in [6.07, 6.45) is 5.61. The summed E-state index contributed by atoms with van der Waals surface area (Å²) in [5, 5.41) is 5.48. The van der Waals surface area contributed by atoms with Crippen LogP contribution in [0.5, 0.6) is 11.5 Å². The van der Waals surface area contributed by atoms with E-state index in [1.807, 2.05) is 55.8 Å². The van der Waals surface area contributed by atoms with Crippen molar-refractivity contribution in [2.75, 3.05) is 33.0 Å². The molecule has 1 atom stereocenters. The molecule has 3 heterocycles. The second-order valence-electron chi connectivity index (χ2n) is 9.14. The van der Waals surface area contributed by atoms with E-state index in [4.69, 9.17) is 25.0 Å². The first-order valence-electron chi connectivity index (χ1n) is 11.1. The number of rotatable bonds is 5. The highest BCUT2D eigenvalue weighted by atomic mass is 16.6. The Morgan fingerprint density at radius 3 is 2.47 bits per heavy atom. The van der Waals surface area contributed by atoms with Crippen molar-refractivity contribution in [1.82, 2.24) is 24.6 Å². The third-order valence-electron chi connectivity index (χ3n) is 5.51. The van der Waals surface area contributed by atoms with Gasteiger partial charge in [0, 0.05) is 19.2 Å². The molecule has 3 aromatic rings. The second-order valence-corrected chi connectivity index (χ2v) is 9.14. The molecular formula is C24H30N6O4. The third kappa shape index (κ3) is 4.90. The molecule has 0 radical (unpaired) electrons. The number of benzene rings is 1. The Kier molecular flexibility index (Phi) is 6.32. The number of carbonyl (C=O) groups excluding carboxylic acids is 1. The highest BCUT2D eigenvalue weighted by molar-refractivity contribution is 5.94. The minimum absolute atomic E-state index is 0.0524. The fraction of sp³-hybridized carbons (Fsp3) is 0.417. The zero-order chi connectivity index (χ0) is 24.5. The molecule has 2 aromatic heterocycles. The van der Waals surface area contributed by atoms with Gasteiger partial charge in [-0.1, -0.05) is 6.08 Å². The first kappa shape index (κ1) is 23.3. The zero-order valence-electron chi connectivity index (χ0n) is 20.1. The van der Waals surface area contributed by atoms with Gasteiger partial charge in [-0.25, -0.2) is 19.4 Å². The predicted octanol–water partition coefficient (Wildman–Crippen LogP) is 3.78. The molecule has 1 amide bonds. The van der Waals surface area contributed by atoms with Crippen LogP contribution in [0.15, 0.2) is 24.5 Å². The van der Waals surface area contributed by atoms with E-state index in [1.54, 1.807) is 19.1 Å². The van der Waals surface area contributed by atoms with Gasteiger partial charge in [0.2, 0.25) is 0 Å². The Hall–Kier alpha value is -3.82. The van der Waals surface area contributed by atoms with E-state index < -0.39 is 5.60 Å². The maximum atomic E-state index is 12.5. The van der Waals surface area contributed by atoms with Gasteiger partial charge < -0.3 is 24.8 Å². The van der Waals surface area contributed by atoms with E-state index in [2.05, 4.69) is 9.97 Å². The van der Waals surface area contributed by atoms with Crippen molar-refractivity contribution < 1.29 is 19.0 Å². The van der Waals surface area contributed by atoms with Crippen molar-refractivity contribution in [3.8, 4) is 11.5 Å². The van der Waals surface area contributed by atoms with Crippen LogP contribution in [0.2, 0.25) is 0 Å². The number of aromatic nitrogens is 4. The number of likely N-dealkylation sites (tertiary alicyclic amines) is 1. The van der Waals surface area contributed by atoms with Crippen LogP contribution >= 0.6 is 0 Å². The van der Waals surface area contributed by atoms with Crippen LogP contribution in [0.1, 0.15) is 44.5 Å². The molecular weight excluding hydrogens is 436 g/mol. The first-order chi connectivity index (χ1) is 16.2. The van der Waals surface area contributed by atoms with E-state index in [0.29, 0.717) is 47.1 Å². The summed E-state index contributed by atoms with van der Waals surface area (Å²) in [4.78, 5) is 22.8. The fourth-order valence-corrected chi connectivity index (χ4v) is 3.93. The van der Waals surface area contributed by atoms with Gasteiger partial charge in [0.25, 0.3) is 0 Å². The number of amides is 1. The first-order valence-corrected chi connectivity index (χ1v) is 11.1. The van der Waals surface area contributed by atoms with E-state index in [9.17, 15) is 4.79 Å². The van der Waals surface area contributed by atoms with Crippen LogP contribution in [0.3, 0.4) is 0 Å². The number of nitrogens with zero attached hydrogens (tertiary/aromatic N) is 5. The van der Waals surface area contributed by atoms with Crippen LogP contribution in [-0.4, -0.2) is 63.7 Å². The average Bonchev–Trinajstić information content (AvgIpc) is 3.42. The quantitative estimate of drug-likeness (QED) is 0.604. The summed E-state index contributed by atoms with van der Waals surface area (Å²) in [5.74, 6) is 1.72. The van der Waals surface area contributed by atoms with Gasteiger partial charge in [0.15, 0.2) is 5.65 Å². The molecule has 1 saturated heterocycles. The molecule has 34 heavy (non-hydrogen) atoms. The molecule has 2 N–H and O–H groups in total. The average molecular weight is 467 g/mol. The number of ether oxygens (including phenoxy) is 3. The zero-order valence-corrected chi connectivity index (χ0v) is 20.1. The van der Waals surface area contributed by atoms with Crippen molar-refractivity contribution in [1.29, 1.82) is 0 Å². The standard InChI is InChI=1S/C24H30N6O4/c1-24(2,3)34-23(31)29-9-8-16(13-29)30-22-20(21(25)26-14-27-22)19(28-30)7-6-15-10-17(32-4)12-18(11-15)33-5/h6-7,10-12,14,16H,8-9,13H2,1-5H3,(H2,25,26,27)/b7-6+/t16-/m0/s1. The lowest BCUT2D eigenvalue weighted by molar-refractivity contribution is 0.0288. The molecule has 1 aliphatic rings. The highest BCUT2D eigenvalue weighted by Gasteiger charge is 2.32. The molecule has 0 spiro atoms. The van der Waals surface area contributed by atoms with Crippen molar-refractivity contribution in [3.63, 3.8) is 0 Å². The van der Waals surface area contributed by atoms with E-state index in [0.717, 1.165) is 12.0 Å². The summed E-state index contributed by atoms with van der Waals surface area (Å²) in [6, 6.07) is 5.55. The van der Waals surface area contributed by atoms with Gasteiger partial charge in [-0.2, -0.15) is 5.10 Å². The lowest BCUT2D eigenvalue weighted by atomic mass is 10.1. The van der Waals surface area contributed by atoms with Crippen molar-refractivity contribution in [3.05, 3.63) is 35.8 Å². The largest absolute Gasteiger partial charge is 0.497 e. The molecule has 4 rings (SSSR count). The van der Waals surface area contributed by atoms with Gasteiger partial charge in [-0.3, -0.25) is 0 Å². The van der Waals surface area contributed by atoms with Gasteiger partial charge in [-0.05, 0) is 51.0 Å². The Morgan fingerprint density at radius 1 is 1.12 bits per heavy atom. The topological polar surface area (TPSA) is 118 Å². The lowest BCUT2D eigenvalue weighted by Gasteiger charge is -2.24. The van der Waals surface area contributed by atoms with Crippen molar-refractivity contribution in [2.24, 2.45) is 0 Å². The molecule has 180 valence electrons. The Bertz CT molecular complexity index is 1210. The summed E-state index contributed by atoms with van der Waals surface area (Å²) in [5.41, 5.74) is 7.82. The van der Waals surface area contributed by atoms with E-state index in [1.165, 1.54) is 6.33 Å². The molecule has 10 nitrogen and oxygen atoms in total. The van der Waals surface area contributed by atoms with Crippen molar-refractivity contribution >= 4 is 35.1 Å². The number of fused-ring (bicyclic) bond motifs is 1. The van der Waals surface area contributed by atoms with Crippen LogP contribution in [0.25, 0.3) is 23.2 Å². The Labute approximate surface area is 198 Å². The van der Waals surface area contributed by atoms with Gasteiger partial charge in [0.05, 0.1) is 31.3 Å². The SMILES string of the molecule is COc1cc(/C=C/c2nn([C@H]3CCN(C(=O)OC(C)(C)C)C3)c3ncnc(N)c23)cc(OC)c1. The molecule has 1 aromatic carbocycles. The number of anilines is 1.